The van der Waals surface area contributed by atoms with Crippen LogP contribution in [0.2, 0.25) is 0 Å². The van der Waals surface area contributed by atoms with Gasteiger partial charge >= 0.3 is 6.18 Å². The zero-order valence-corrected chi connectivity index (χ0v) is 10.2. The Morgan fingerprint density at radius 1 is 1.30 bits per heavy atom. The highest BCUT2D eigenvalue weighted by molar-refractivity contribution is 5.42. The zero-order chi connectivity index (χ0) is 14.6. The number of rotatable bonds is 5. The van der Waals surface area contributed by atoms with Crippen LogP contribution in [0.25, 0.3) is 0 Å². The van der Waals surface area contributed by atoms with Gasteiger partial charge < -0.3 is 9.73 Å². The topological polar surface area (TPSA) is 89.0 Å². The summed E-state index contributed by atoms with van der Waals surface area (Å²) in [5.74, 6) is 5.50. The minimum atomic E-state index is -4.56. The second-order valence-corrected chi connectivity index (χ2v) is 3.86. The van der Waals surface area contributed by atoms with Crippen LogP contribution < -0.4 is 16.6 Å². The van der Waals surface area contributed by atoms with E-state index in [9.17, 15) is 13.2 Å². The summed E-state index contributed by atoms with van der Waals surface area (Å²) in [7, 11) is 0. The molecular weight excluding hydrogens is 275 g/mol. The molecule has 0 saturated carbocycles. The van der Waals surface area contributed by atoms with Gasteiger partial charge in [-0.1, -0.05) is 0 Å². The van der Waals surface area contributed by atoms with Gasteiger partial charge in [0.2, 0.25) is 5.95 Å². The summed E-state index contributed by atoms with van der Waals surface area (Å²) in [5.41, 5.74) is 0.935. The molecule has 0 unspecified atom stereocenters. The van der Waals surface area contributed by atoms with Gasteiger partial charge in [0.05, 0.1) is 6.26 Å². The molecule has 0 aliphatic carbocycles. The first-order valence-electron chi connectivity index (χ1n) is 5.68. The van der Waals surface area contributed by atoms with Crippen molar-refractivity contribution in [2.75, 3.05) is 17.3 Å². The largest absolute Gasteiger partial charge is 0.469 e. The number of hydrazine groups is 1. The Bertz CT molecular complexity index is 556. The fraction of sp³-hybridized carbons (Fsp3) is 0.273. The standard InChI is InChI=1S/C11H12F3N5O/c12-11(13,14)8-6-9(18-10(17-8)19-15)16-4-3-7-2-1-5-20-7/h1-2,5-6H,3-4,15H2,(H2,16,17,18,19). The van der Waals surface area contributed by atoms with E-state index >= 15 is 0 Å². The van der Waals surface area contributed by atoms with E-state index in [-0.39, 0.29) is 11.8 Å². The van der Waals surface area contributed by atoms with Crippen molar-refractivity contribution >= 4 is 11.8 Å². The summed E-state index contributed by atoms with van der Waals surface area (Å²) >= 11 is 0. The number of hydrogen-bond donors (Lipinski definition) is 3. The number of hydrogen-bond acceptors (Lipinski definition) is 6. The van der Waals surface area contributed by atoms with Crippen LogP contribution in [0.4, 0.5) is 24.9 Å². The van der Waals surface area contributed by atoms with E-state index in [2.05, 4.69) is 15.3 Å². The van der Waals surface area contributed by atoms with Gasteiger partial charge in [0.1, 0.15) is 11.6 Å². The highest BCUT2D eigenvalue weighted by Gasteiger charge is 2.33. The molecule has 2 aromatic heterocycles. The maximum Gasteiger partial charge on any atom is 0.433 e. The van der Waals surface area contributed by atoms with E-state index in [1.807, 2.05) is 5.43 Å². The second-order valence-electron chi connectivity index (χ2n) is 3.86. The van der Waals surface area contributed by atoms with Gasteiger partial charge in [0.15, 0.2) is 5.69 Å². The van der Waals surface area contributed by atoms with Crippen LogP contribution >= 0.6 is 0 Å². The Balaban J connectivity index is 2.06. The normalized spacial score (nSPS) is 11.4. The molecule has 20 heavy (non-hydrogen) atoms. The first-order chi connectivity index (χ1) is 9.49. The third-order valence-electron chi connectivity index (χ3n) is 2.40. The van der Waals surface area contributed by atoms with Crippen molar-refractivity contribution < 1.29 is 17.6 Å². The quantitative estimate of drug-likeness (QED) is 0.576. The number of anilines is 2. The van der Waals surface area contributed by atoms with Gasteiger partial charge in [-0.15, -0.1) is 0 Å². The summed E-state index contributed by atoms with van der Waals surface area (Å²) in [5, 5.41) is 2.76. The number of alkyl halides is 3. The summed E-state index contributed by atoms with van der Waals surface area (Å²) in [4.78, 5) is 7.05. The second kappa shape index (κ2) is 5.78. The molecule has 2 rings (SSSR count). The first kappa shape index (κ1) is 14.1. The molecule has 9 heteroatoms. The fourth-order valence-corrected chi connectivity index (χ4v) is 1.52. The Hall–Kier alpha value is -2.29. The average Bonchev–Trinajstić information content (AvgIpc) is 2.90. The van der Waals surface area contributed by atoms with Gasteiger partial charge in [-0.25, -0.2) is 10.8 Å². The highest BCUT2D eigenvalue weighted by Crippen LogP contribution is 2.29. The average molecular weight is 287 g/mol. The highest BCUT2D eigenvalue weighted by atomic mass is 19.4. The van der Waals surface area contributed by atoms with Crippen LogP contribution in [-0.4, -0.2) is 16.5 Å². The van der Waals surface area contributed by atoms with Crippen LogP contribution in [0, 0.1) is 0 Å². The molecule has 2 heterocycles. The monoisotopic (exact) mass is 287 g/mol. The molecule has 0 radical (unpaired) electrons. The van der Waals surface area contributed by atoms with Crippen molar-refractivity contribution in [2.45, 2.75) is 12.6 Å². The van der Waals surface area contributed by atoms with Gasteiger partial charge in [-0.05, 0) is 12.1 Å². The fourth-order valence-electron chi connectivity index (χ4n) is 1.52. The molecule has 4 N–H and O–H groups in total. The molecule has 0 amide bonds. The zero-order valence-electron chi connectivity index (χ0n) is 10.2. The smallest absolute Gasteiger partial charge is 0.433 e. The maximum atomic E-state index is 12.6. The van der Waals surface area contributed by atoms with E-state index in [4.69, 9.17) is 10.3 Å². The summed E-state index contributed by atoms with van der Waals surface area (Å²) in [6.07, 6.45) is -2.52. The maximum absolute atomic E-state index is 12.6. The SMILES string of the molecule is NNc1nc(NCCc2ccco2)cc(C(F)(F)F)n1. The van der Waals surface area contributed by atoms with Crippen molar-refractivity contribution in [1.29, 1.82) is 0 Å². The number of nitrogens with zero attached hydrogens (tertiary/aromatic N) is 2. The molecule has 0 saturated heterocycles. The number of nitrogens with two attached hydrogens (primary N) is 1. The van der Waals surface area contributed by atoms with Gasteiger partial charge in [0.25, 0.3) is 0 Å². The van der Waals surface area contributed by atoms with Crippen LogP contribution in [0.1, 0.15) is 11.5 Å². The molecule has 0 aliphatic rings. The number of nitrogen functional groups attached to an aromatic ring is 1. The summed E-state index contributed by atoms with van der Waals surface area (Å²) < 4.78 is 43.0. The van der Waals surface area contributed by atoms with E-state index in [1.165, 1.54) is 6.26 Å². The molecular formula is C11H12F3N5O. The molecule has 0 spiro atoms. The van der Waals surface area contributed by atoms with E-state index in [0.717, 1.165) is 11.8 Å². The van der Waals surface area contributed by atoms with Crippen molar-refractivity contribution in [2.24, 2.45) is 5.84 Å². The molecule has 0 aromatic carbocycles. The molecule has 0 aliphatic heterocycles. The number of halogens is 3. The Morgan fingerprint density at radius 3 is 2.70 bits per heavy atom. The molecule has 0 fully saturated rings. The summed E-state index contributed by atoms with van der Waals surface area (Å²) in [6.45, 7) is 0.367. The third-order valence-corrected chi connectivity index (χ3v) is 2.40. The van der Waals surface area contributed by atoms with Crippen molar-refractivity contribution in [3.63, 3.8) is 0 Å². The van der Waals surface area contributed by atoms with Crippen LogP contribution in [0.3, 0.4) is 0 Å². The number of nitrogens with one attached hydrogen (secondary N) is 2. The van der Waals surface area contributed by atoms with Gasteiger partial charge in [-0.2, -0.15) is 18.2 Å². The lowest BCUT2D eigenvalue weighted by atomic mass is 10.3. The predicted molar refractivity (Wildman–Crippen MR) is 65.7 cm³/mol. The lowest BCUT2D eigenvalue weighted by molar-refractivity contribution is -0.141. The van der Waals surface area contributed by atoms with Gasteiger partial charge in [0, 0.05) is 19.0 Å². The lowest BCUT2D eigenvalue weighted by Crippen LogP contribution is -2.17. The van der Waals surface area contributed by atoms with Crippen LogP contribution in [0.15, 0.2) is 28.9 Å². The Labute approximate surface area is 112 Å². The number of aromatic nitrogens is 2. The van der Waals surface area contributed by atoms with Crippen molar-refractivity contribution in [3.05, 3.63) is 35.9 Å². The van der Waals surface area contributed by atoms with Gasteiger partial charge in [-0.3, -0.25) is 5.43 Å². The molecule has 6 nitrogen and oxygen atoms in total. The molecule has 108 valence electrons. The van der Waals surface area contributed by atoms with Crippen molar-refractivity contribution in [1.82, 2.24) is 9.97 Å². The molecule has 0 atom stereocenters. The van der Waals surface area contributed by atoms with E-state index in [0.29, 0.717) is 13.0 Å². The van der Waals surface area contributed by atoms with Crippen LogP contribution in [0.5, 0.6) is 0 Å². The van der Waals surface area contributed by atoms with Crippen molar-refractivity contribution in [3.8, 4) is 0 Å². The summed E-state index contributed by atoms with van der Waals surface area (Å²) in [6, 6.07) is 4.33. The number of furan rings is 1. The Morgan fingerprint density at radius 2 is 2.10 bits per heavy atom. The van der Waals surface area contributed by atoms with Crippen LogP contribution in [-0.2, 0) is 12.6 Å². The first-order valence-corrected chi connectivity index (χ1v) is 5.68. The third kappa shape index (κ3) is 3.60. The molecule has 0 bridgehead atoms. The Kier molecular flexibility index (Phi) is 4.08. The lowest BCUT2D eigenvalue weighted by Gasteiger charge is -2.11. The van der Waals surface area contributed by atoms with E-state index < -0.39 is 11.9 Å². The minimum absolute atomic E-state index is 0.0341. The predicted octanol–water partition coefficient (Wildman–Crippen LogP) is 2.03. The minimum Gasteiger partial charge on any atom is -0.469 e. The molecule has 2 aromatic rings. The van der Waals surface area contributed by atoms with E-state index in [1.54, 1.807) is 12.1 Å².